The van der Waals surface area contributed by atoms with Gasteiger partial charge in [0.05, 0.1) is 6.61 Å². The Morgan fingerprint density at radius 3 is 1.88 bits per heavy atom. The van der Waals surface area contributed by atoms with Crippen molar-refractivity contribution in [1.29, 1.82) is 0 Å². The van der Waals surface area contributed by atoms with Crippen LogP contribution >= 0.6 is 0 Å². The number of hydrogen-bond acceptors (Lipinski definition) is 4. The highest BCUT2D eigenvalue weighted by Gasteiger charge is 2.23. The summed E-state index contributed by atoms with van der Waals surface area (Å²) in [7, 11) is 0. The van der Waals surface area contributed by atoms with E-state index in [1.165, 1.54) is 57.8 Å². The lowest BCUT2D eigenvalue weighted by Gasteiger charge is -2.21. The minimum Gasteiger partial charge on any atom is -0.457 e. The number of esters is 2. The highest BCUT2D eigenvalue weighted by molar-refractivity contribution is 6.29. The van der Waals surface area contributed by atoms with E-state index in [1.54, 1.807) is 0 Å². The number of unbranched alkanes of at least 4 members (excludes halogenated alkanes) is 9. The third-order valence-corrected chi connectivity index (χ3v) is 4.72. The molecule has 1 rings (SSSR count). The summed E-state index contributed by atoms with van der Waals surface area (Å²) in [6.07, 6.45) is 17.3. The molecule has 24 heavy (non-hydrogen) atoms. The van der Waals surface area contributed by atoms with Crippen LogP contribution in [0.3, 0.4) is 0 Å². The van der Waals surface area contributed by atoms with Crippen molar-refractivity contribution in [2.75, 3.05) is 6.61 Å². The van der Waals surface area contributed by atoms with E-state index in [2.05, 4.69) is 6.92 Å². The number of carbonyl (C=O) groups is 2. The second kappa shape index (κ2) is 14.3. The van der Waals surface area contributed by atoms with Crippen molar-refractivity contribution in [3.05, 3.63) is 0 Å². The average Bonchev–Trinajstić information content (AvgIpc) is 2.60. The molecule has 4 heteroatoms. The molecule has 0 saturated heterocycles. The molecule has 0 spiro atoms. The number of hydrogen-bond donors (Lipinski definition) is 0. The van der Waals surface area contributed by atoms with E-state index in [9.17, 15) is 9.59 Å². The summed E-state index contributed by atoms with van der Waals surface area (Å²) in [6, 6.07) is 0. The molecule has 1 aliphatic carbocycles. The standard InChI is InChI=1S/C20H36O4/c1-2-3-4-5-6-7-8-9-10-14-17-23-19(21)20(22)24-18-15-12-11-13-16-18/h18H,2-17H2,1H3. The summed E-state index contributed by atoms with van der Waals surface area (Å²) < 4.78 is 10.2. The zero-order valence-electron chi connectivity index (χ0n) is 15.5. The SMILES string of the molecule is CCCCCCCCCCCCOC(=O)C(=O)OC1CCCCC1. The summed E-state index contributed by atoms with van der Waals surface area (Å²) in [5, 5.41) is 0. The van der Waals surface area contributed by atoms with Crippen molar-refractivity contribution >= 4 is 11.9 Å². The minimum absolute atomic E-state index is 0.0869. The van der Waals surface area contributed by atoms with Crippen LogP contribution in [-0.2, 0) is 19.1 Å². The zero-order chi connectivity index (χ0) is 17.5. The first-order valence-electron chi connectivity index (χ1n) is 10.1. The van der Waals surface area contributed by atoms with Crippen LogP contribution in [0, 0.1) is 0 Å². The molecular formula is C20H36O4. The van der Waals surface area contributed by atoms with Crippen LogP contribution in [0.15, 0.2) is 0 Å². The van der Waals surface area contributed by atoms with Crippen LogP contribution in [-0.4, -0.2) is 24.6 Å². The Labute approximate surface area is 147 Å². The average molecular weight is 341 g/mol. The van der Waals surface area contributed by atoms with E-state index in [-0.39, 0.29) is 6.10 Å². The topological polar surface area (TPSA) is 52.6 Å². The molecule has 0 aromatic rings. The summed E-state index contributed by atoms with van der Waals surface area (Å²) >= 11 is 0. The summed E-state index contributed by atoms with van der Waals surface area (Å²) in [5.74, 6) is -1.63. The molecule has 140 valence electrons. The van der Waals surface area contributed by atoms with Crippen LogP contribution in [0.2, 0.25) is 0 Å². The molecule has 1 saturated carbocycles. The molecule has 0 aliphatic heterocycles. The fraction of sp³-hybridized carbons (Fsp3) is 0.900. The lowest BCUT2D eigenvalue weighted by atomic mass is 9.98. The fourth-order valence-electron chi connectivity index (χ4n) is 3.20. The third kappa shape index (κ3) is 10.7. The molecule has 0 N–H and O–H groups in total. The predicted octanol–water partition coefficient (Wildman–Crippen LogP) is 5.33. The largest absolute Gasteiger partial charge is 0.457 e. The molecule has 0 amide bonds. The van der Waals surface area contributed by atoms with Crippen molar-refractivity contribution in [3.8, 4) is 0 Å². The molecule has 1 aliphatic rings. The van der Waals surface area contributed by atoms with E-state index >= 15 is 0 Å². The van der Waals surface area contributed by atoms with Crippen LogP contribution < -0.4 is 0 Å². The lowest BCUT2D eigenvalue weighted by Crippen LogP contribution is -2.27. The van der Waals surface area contributed by atoms with Gasteiger partial charge in [-0.1, -0.05) is 71.1 Å². The van der Waals surface area contributed by atoms with Gasteiger partial charge in [-0.2, -0.15) is 0 Å². The maximum absolute atomic E-state index is 11.6. The van der Waals surface area contributed by atoms with Crippen molar-refractivity contribution in [1.82, 2.24) is 0 Å². The Morgan fingerprint density at radius 1 is 0.750 bits per heavy atom. The molecule has 0 unspecified atom stereocenters. The van der Waals surface area contributed by atoms with Gasteiger partial charge in [0, 0.05) is 0 Å². The van der Waals surface area contributed by atoms with Crippen molar-refractivity contribution in [3.63, 3.8) is 0 Å². The lowest BCUT2D eigenvalue weighted by molar-refractivity contribution is -0.171. The second-order valence-corrected chi connectivity index (χ2v) is 6.98. The van der Waals surface area contributed by atoms with Gasteiger partial charge < -0.3 is 9.47 Å². The Hall–Kier alpha value is -1.06. The van der Waals surface area contributed by atoms with Gasteiger partial charge in [0.2, 0.25) is 0 Å². The molecule has 0 aromatic heterocycles. The number of carbonyl (C=O) groups excluding carboxylic acids is 2. The van der Waals surface area contributed by atoms with Crippen LogP contribution in [0.4, 0.5) is 0 Å². The molecule has 0 atom stereocenters. The number of ether oxygens (including phenoxy) is 2. The summed E-state index contributed by atoms with van der Waals surface area (Å²) in [5.41, 5.74) is 0. The maximum atomic E-state index is 11.6. The van der Waals surface area contributed by atoms with E-state index in [1.807, 2.05) is 0 Å². The van der Waals surface area contributed by atoms with Crippen LogP contribution in [0.5, 0.6) is 0 Å². The Kier molecular flexibility index (Phi) is 12.5. The molecule has 1 fully saturated rings. The third-order valence-electron chi connectivity index (χ3n) is 4.72. The highest BCUT2D eigenvalue weighted by Crippen LogP contribution is 2.20. The maximum Gasteiger partial charge on any atom is 0.417 e. The first kappa shape index (κ1) is 21.0. The van der Waals surface area contributed by atoms with Crippen LogP contribution in [0.25, 0.3) is 0 Å². The van der Waals surface area contributed by atoms with Crippen molar-refractivity contribution < 1.29 is 19.1 Å². The van der Waals surface area contributed by atoms with Gasteiger partial charge in [-0.15, -0.1) is 0 Å². The Bertz CT molecular complexity index is 335. The monoisotopic (exact) mass is 340 g/mol. The molecule has 0 heterocycles. The van der Waals surface area contributed by atoms with E-state index in [4.69, 9.17) is 9.47 Å². The second-order valence-electron chi connectivity index (χ2n) is 6.98. The van der Waals surface area contributed by atoms with Crippen molar-refractivity contribution in [2.45, 2.75) is 109 Å². The minimum atomic E-state index is -0.823. The van der Waals surface area contributed by atoms with Gasteiger partial charge >= 0.3 is 11.9 Å². The van der Waals surface area contributed by atoms with Gasteiger partial charge in [0.1, 0.15) is 6.10 Å². The van der Waals surface area contributed by atoms with Gasteiger partial charge in [-0.25, -0.2) is 9.59 Å². The Morgan fingerprint density at radius 2 is 1.29 bits per heavy atom. The fourth-order valence-corrected chi connectivity index (χ4v) is 3.20. The van der Waals surface area contributed by atoms with Gasteiger partial charge in [0.15, 0.2) is 0 Å². The van der Waals surface area contributed by atoms with E-state index in [0.29, 0.717) is 6.61 Å². The normalized spacial score (nSPS) is 15.2. The smallest absolute Gasteiger partial charge is 0.417 e. The van der Waals surface area contributed by atoms with Gasteiger partial charge in [-0.05, 0) is 32.1 Å². The van der Waals surface area contributed by atoms with E-state index < -0.39 is 11.9 Å². The first-order valence-corrected chi connectivity index (χ1v) is 10.1. The Balaban J connectivity index is 1.89. The molecular weight excluding hydrogens is 304 g/mol. The quantitative estimate of drug-likeness (QED) is 0.274. The summed E-state index contributed by atoms with van der Waals surface area (Å²) in [6.45, 7) is 2.57. The highest BCUT2D eigenvalue weighted by atomic mass is 16.6. The predicted molar refractivity (Wildman–Crippen MR) is 95.8 cm³/mol. The molecule has 0 radical (unpaired) electrons. The zero-order valence-corrected chi connectivity index (χ0v) is 15.5. The van der Waals surface area contributed by atoms with E-state index in [0.717, 1.165) is 38.5 Å². The number of rotatable bonds is 12. The van der Waals surface area contributed by atoms with Gasteiger partial charge in [-0.3, -0.25) is 0 Å². The molecule has 0 bridgehead atoms. The van der Waals surface area contributed by atoms with Crippen molar-refractivity contribution in [2.24, 2.45) is 0 Å². The first-order chi connectivity index (χ1) is 11.7. The molecule has 4 nitrogen and oxygen atoms in total. The van der Waals surface area contributed by atoms with Gasteiger partial charge in [0.25, 0.3) is 0 Å². The van der Waals surface area contributed by atoms with Crippen LogP contribution in [0.1, 0.15) is 103 Å². The molecule has 0 aromatic carbocycles. The summed E-state index contributed by atoms with van der Waals surface area (Å²) in [4.78, 5) is 23.2.